The molecule has 5 heteroatoms. The predicted octanol–water partition coefficient (Wildman–Crippen LogP) is 1.00. The summed E-state index contributed by atoms with van der Waals surface area (Å²) >= 11 is 0. The standard InChI is InChI=1S/C8H14O5/c1-5(2)3-4-6(9)7(10)13-8(11)12/h5-6,9H,3-4H2,1-2H3,(H,11,12)/t6-/m0/s1. The monoisotopic (exact) mass is 190 g/mol. The molecule has 0 aliphatic rings. The zero-order valence-electron chi connectivity index (χ0n) is 7.69. The Morgan fingerprint density at radius 3 is 2.23 bits per heavy atom. The van der Waals surface area contributed by atoms with Crippen LogP contribution in [0.25, 0.3) is 0 Å². The molecule has 0 heterocycles. The van der Waals surface area contributed by atoms with Crippen molar-refractivity contribution in [2.75, 3.05) is 0 Å². The number of esters is 1. The van der Waals surface area contributed by atoms with Gasteiger partial charge < -0.3 is 14.9 Å². The Kier molecular flexibility index (Phi) is 5.06. The van der Waals surface area contributed by atoms with Crippen molar-refractivity contribution >= 4 is 12.1 Å². The molecule has 0 spiro atoms. The summed E-state index contributed by atoms with van der Waals surface area (Å²) in [4.78, 5) is 20.6. The minimum Gasteiger partial charge on any atom is -0.449 e. The lowest BCUT2D eigenvalue weighted by atomic mass is 10.1. The summed E-state index contributed by atoms with van der Waals surface area (Å²) in [6.45, 7) is 3.88. The van der Waals surface area contributed by atoms with E-state index in [0.717, 1.165) is 0 Å². The van der Waals surface area contributed by atoms with E-state index >= 15 is 0 Å². The fourth-order valence-electron chi connectivity index (χ4n) is 0.763. The Hall–Kier alpha value is -1.10. The van der Waals surface area contributed by atoms with E-state index in [0.29, 0.717) is 12.3 Å². The predicted molar refractivity (Wildman–Crippen MR) is 44.2 cm³/mol. The molecule has 0 radical (unpaired) electrons. The van der Waals surface area contributed by atoms with Gasteiger partial charge in [0.05, 0.1) is 0 Å². The Morgan fingerprint density at radius 1 is 1.31 bits per heavy atom. The molecule has 2 N–H and O–H groups in total. The number of carboxylic acid groups (broad SMARTS) is 1. The first-order valence-corrected chi connectivity index (χ1v) is 4.06. The van der Waals surface area contributed by atoms with E-state index in [1.165, 1.54) is 0 Å². The summed E-state index contributed by atoms with van der Waals surface area (Å²) in [6.07, 6.45) is -2.15. The molecule has 76 valence electrons. The highest BCUT2D eigenvalue weighted by Gasteiger charge is 2.19. The topological polar surface area (TPSA) is 83.8 Å². The highest BCUT2D eigenvalue weighted by Crippen LogP contribution is 2.07. The number of hydrogen-bond donors (Lipinski definition) is 2. The minimum atomic E-state index is -1.69. The maximum absolute atomic E-state index is 10.7. The molecule has 0 unspecified atom stereocenters. The molecule has 0 saturated carbocycles. The highest BCUT2D eigenvalue weighted by atomic mass is 16.7. The number of aliphatic hydroxyl groups is 1. The summed E-state index contributed by atoms with van der Waals surface area (Å²) < 4.78 is 3.77. The van der Waals surface area contributed by atoms with Crippen LogP contribution in [0.5, 0.6) is 0 Å². The van der Waals surface area contributed by atoms with Crippen molar-refractivity contribution in [1.82, 2.24) is 0 Å². The molecule has 0 aliphatic carbocycles. The second-order valence-electron chi connectivity index (χ2n) is 3.17. The molecular weight excluding hydrogens is 176 g/mol. The van der Waals surface area contributed by atoms with Gasteiger partial charge in [-0.1, -0.05) is 13.8 Å². The van der Waals surface area contributed by atoms with Gasteiger partial charge in [-0.05, 0) is 18.8 Å². The molecule has 13 heavy (non-hydrogen) atoms. The van der Waals surface area contributed by atoms with Gasteiger partial charge >= 0.3 is 12.1 Å². The maximum Gasteiger partial charge on any atom is 0.513 e. The van der Waals surface area contributed by atoms with Crippen molar-refractivity contribution in [3.8, 4) is 0 Å². The van der Waals surface area contributed by atoms with E-state index in [-0.39, 0.29) is 6.42 Å². The fourth-order valence-corrected chi connectivity index (χ4v) is 0.763. The van der Waals surface area contributed by atoms with Gasteiger partial charge in [0, 0.05) is 0 Å². The number of ether oxygens (including phenoxy) is 1. The smallest absolute Gasteiger partial charge is 0.449 e. The van der Waals surface area contributed by atoms with Crippen molar-refractivity contribution in [2.45, 2.75) is 32.8 Å². The molecule has 0 aliphatic heterocycles. The van der Waals surface area contributed by atoms with E-state index in [1.807, 2.05) is 13.8 Å². The van der Waals surface area contributed by atoms with Gasteiger partial charge in [0.2, 0.25) is 0 Å². The molecule has 0 aromatic rings. The first kappa shape index (κ1) is 11.9. The number of carbonyl (C=O) groups excluding carboxylic acids is 1. The lowest BCUT2D eigenvalue weighted by molar-refractivity contribution is -0.149. The number of aliphatic hydroxyl groups excluding tert-OH is 1. The zero-order chi connectivity index (χ0) is 10.4. The van der Waals surface area contributed by atoms with Crippen LogP contribution in [0.4, 0.5) is 4.79 Å². The van der Waals surface area contributed by atoms with Gasteiger partial charge in [-0.2, -0.15) is 0 Å². The summed E-state index contributed by atoms with van der Waals surface area (Å²) in [6, 6.07) is 0. The second kappa shape index (κ2) is 5.53. The van der Waals surface area contributed by atoms with E-state index in [4.69, 9.17) is 10.2 Å². The summed E-state index contributed by atoms with van der Waals surface area (Å²) in [5.41, 5.74) is 0. The largest absolute Gasteiger partial charge is 0.513 e. The van der Waals surface area contributed by atoms with Gasteiger partial charge in [0.15, 0.2) is 6.10 Å². The summed E-state index contributed by atoms with van der Waals surface area (Å²) in [5.74, 6) is -0.750. The maximum atomic E-state index is 10.7. The van der Waals surface area contributed by atoms with E-state index < -0.39 is 18.2 Å². The van der Waals surface area contributed by atoms with Crippen LogP contribution in [0.3, 0.4) is 0 Å². The number of carbonyl (C=O) groups is 2. The van der Waals surface area contributed by atoms with Gasteiger partial charge in [-0.15, -0.1) is 0 Å². The third-order valence-corrected chi connectivity index (χ3v) is 1.48. The van der Waals surface area contributed by atoms with Crippen molar-refractivity contribution in [2.24, 2.45) is 5.92 Å². The van der Waals surface area contributed by atoms with E-state index in [9.17, 15) is 9.59 Å². The molecule has 0 bridgehead atoms. The normalized spacial score (nSPS) is 12.6. The van der Waals surface area contributed by atoms with E-state index in [1.54, 1.807) is 0 Å². The summed E-state index contributed by atoms with van der Waals surface area (Å²) in [7, 11) is 0. The van der Waals surface area contributed by atoms with Crippen LogP contribution < -0.4 is 0 Å². The molecule has 0 aromatic carbocycles. The zero-order valence-corrected chi connectivity index (χ0v) is 7.69. The molecule has 0 amide bonds. The van der Waals surface area contributed by atoms with E-state index in [2.05, 4.69) is 4.74 Å². The molecule has 0 fully saturated rings. The third-order valence-electron chi connectivity index (χ3n) is 1.48. The average Bonchev–Trinajstić information content (AvgIpc) is 1.98. The van der Waals surface area contributed by atoms with Crippen LogP contribution in [0.15, 0.2) is 0 Å². The highest BCUT2D eigenvalue weighted by molar-refractivity contribution is 5.83. The van der Waals surface area contributed by atoms with Crippen LogP contribution in [-0.4, -0.2) is 28.4 Å². The molecule has 0 aromatic heterocycles. The van der Waals surface area contributed by atoms with Crippen molar-refractivity contribution in [3.05, 3.63) is 0 Å². The second-order valence-corrected chi connectivity index (χ2v) is 3.17. The first-order chi connectivity index (χ1) is 5.93. The summed E-state index contributed by atoms with van der Waals surface area (Å²) in [5, 5.41) is 17.1. The Balaban J connectivity index is 3.76. The Labute approximate surface area is 76.3 Å². The first-order valence-electron chi connectivity index (χ1n) is 4.06. The van der Waals surface area contributed by atoms with Gasteiger partial charge in [0.25, 0.3) is 0 Å². The van der Waals surface area contributed by atoms with Crippen LogP contribution in [-0.2, 0) is 9.53 Å². The molecule has 5 nitrogen and oxygen atoms in total. The average molecular weight is 190 g/mol. The van der Waals surface area contributed by atoms with Gasteiger partial charge in [0.1, 0.15) is 0 Å². The van der Waals surface area contributed by atoms with Crippen LogP contribution in [0, 0.1) is 5.92 Å². The molecule has 1 atom stereocenters. The molecule has 0 rings (SSSR count). The SMILES string of the molecule is CC(C)CC[C@H](O)C(=O)OC(=O)O. The van der Waals surface area contributed by atoms with Crippen molar-refractivity contribution in [1.29, 1.82) is 0 Å². The molecule has 0 saturated heterocycles. The van der Waals surface area contributed by atoms with Gasteiger partial charge in [-0.3, -0.25) is 0 Å². The van der Waals surface area contributed by atoms with Crippen molar-refractivity contribution in [3.63, 3.8) is 0 Å². The van der Waals surface area contributed by atoms with Crippen molar-refractivity contribution < 1.29 is 24.5 Å². The van der Waals surface area contributed by atoms with Crippen LogP contribution in [0.1, 0.15) is 26.7 Å². The Bertz CT molecular complexity index is 187. The fraction of sp³-hybridized carbons (Fsp3) is 0.750. The number of rotatable bonds is 4. The van der Waals surface area contributed by atoms with Crippen LogP contribution >= 0.6 is 0 Å². The lowest BCUT2D eigenvalue weighted by Gasteiger charge is -2.08. The van der Waals surface area contributed by atoms with Gasteiger partial charge in [-0.25, -0.2) is 9.59 Å². The Morgan fingerprint density at radius 2 is 1.85 bits per heavy atom. The molecular formula is C8H14O5. The quantitative estimate of drug-likeness (QED) is 0.510. The van der Waals surface area contributed by atoms with Crippen LogP contribution in [0.2, 0.25) is 0 Å². The number of hydrogen-bond acceptors (Lipinski definition) is 4. The third kappa shape index (κ3) is 6.10. The minimum absolute atomic E-state index is 0.226. The lowest BCUT2D eigenvalue weighted by Crippen LogP contribution is -2.25.